The summed E-state index contributed by atoms with van der Waals surface area (Å²) in [7, 11) is 0. The smallest absolute Gasteiger partial charge is 0.259 e. The van der Waals surface area contributed by atoms with Crippen molar-refractivity contribution in [1.29, 1.82) is 5.26 Å². The Kier molecular flexibility index (Phi) is 3.52. The Morgan fingerprint density at radius 1 is 1.53 bits per heavy atom. The van der Waals surface area contributed by atoms with Crippen molar-refractivity contribution in [3.8, 4) is 6.07 Å². The van der Waals surface area contributed by atoms with Gasteiger partial charge >= 0.3 is 0 Å². The first-order valence-corrected chi connectivity index (χ1v) is 6.29. The summed E-state index contributed by atoms with van der Waals surface area (Å²) in [6, 6.07) is 7.02. The molecular weight excluding hydrogens is 302 g/mol. The van der Waals surface area contributed by atoms with Crippen LogP contribution in [0.4, 0.5) is 5.00 Å². The zero-order chi connectivity index (χ0) is 12.3. The van der Waals surface area contributed by atoms with Crippen LogP contribution in [0, 0.1) is 11.3 Å². The van der Waals surface area contributed by atoms with Crippen LogP contribution in [0.1, 0.15) is 15.9 Å². The van der Waals surface area contributed by atoms with Gasteiger partial charge in [-0.05, 0) is 39.5 Å². The second kappa shape index (κ2) is 5.08. The van der Waals surface area contributed by atoms with Gasteiger partial charge in [-0.1, -0.05) is 0 Å². The minimum atomic E-state index is -0.288. The number of nitrogens with zero attached hydrogens (tertiary/aromatic N) is 2. The molecule has 6 heteroatoms. The van der Waals surface area contributed by atoms with Crippen molar-refractivity contribution < 1.29 is 4.79 Å². The number of thiophene rings is 1. The second-order valence-corrected chi connectivity index (χ2v) is 4.74. The molecule has 0 spiro atoms. The van der Waals surface area contributed by atoms with E-state index in [-0.39, 0.29) is 5.91 Å². The average Bonchev–Trinajstić information content (AvgIpc) is 2.76. The molecular formula is C11H6BrN3OS. The van der Waals surface area contributed by atoms with Crippen LogP contribution in [0.15, 0.2) is 34.4 Å². The molecule has 2 heterocycles. The van der Waals surface area contributed by atoms with Crippen molar-refractivity contribution in [3.63, 3.8) is 0 Å². The van der Waals surface area contributed by atoms with Crippen LogP contribution in [0.5, 0.6) is 0 Å². The number of hydrogen-bond acceptors (Lipinski definition) is 4. The molecule has 0 aliphatic heterocycles. The lowest BCUT2D eigenvalue weighted by atomic mass is 10.2. The Morgan fingerprint density at radius 3 is 3.06 bits per heavy atom. The molecule has 0 atom stereocenters. The van der Waals surface area contributed by atoms with E-state index in [9.17, 15) is 4.79 Å². The Labute approximate surface area is 110 Å². The number of carbonyl (C=O) groups excluding carboxylic acids is 1. The number of nitrogens with one attached hydrogen (secondary N) is 1. The Balaban J connectivity index is 2.24. The second-order valence-electron chi connectivity index (χ2n) is 3.07. The lowest BCUT2D eigenvalue weighted by Gasteiger charge is -2.04. The highest BCUT2D eigenvalue weighted by molar-refractivity contribution is 9.10. The van der Waals surface area contributed by atoms with Gasteiger partial charge < -0.3 is 5.32 Å². The highest BCUT2D eigenvalue weighted by Crippen LogP contribution is 2.23. The summed E-state index contributed by atoms with van der Waals surface area (Å²) >= 11 is 4.52. The molecule has 1 amide bonds. The molecule has 2 rings (SSSR count). The third kappa shape index (κ3) is 2.52. The predicted molar refractivity (Wildman–Crippen MR) is 68.9 cm³/mol. The van der Waals surface area contributed by atoms with E-state index in [4.69, 9.17) is 5.26 Å². The molecule has 17 heavy (non-hydrogen) atoms. The van der Waals surface area contributed by atoms with E-state index in [1.165, 1.54) is 11.3 Å². The maximum Gasteiger partial charge on any atom is 0.259 e. The number of aromatic nitrogens is 1. The van der Waals surface area contributed by atoms with Gasteiger partial charge in [-0.15, -0.1) is 11.3 Å². The van der Waals surface area contributed by atoms with Gasteiger partial charge in [-0.25, -0.2) is 4.98 Å². The summed E-state index contributed by atoms with van der Waals surface area (Å²) in [5.74, 6) is -0.288. The standard InChI is InChI=1S/C11H6BrN3OS/c12-9-8(2-1-4-14-9)10(16)15-11-7(6-13)3-5-17-11/h1-5H,(H,15,16). The van der Waals surface area contributed by atoms with Gasteiger partial charge in [0.25, 0.3) is 5.91 Å². The van der Waals surface area contributed by atoms with Crippen LogP contribution in [-0.2, 0) is 0 Å². The first-order valence-electron chi connectivity index (χ1n) is 4.62. The van der Waals surface area contributed by atoms with E-state index in [0.717, 1.165) is 0 Å². The van der Waals surface area contributed by atoms with Crippen molar-refractivity contribution in [2.24, 2.45) is 0 Å². The minimum Gasteiger partial charge on any atom is -0.312 e. The van der Waals surface area contributed by atoms with E-state index in [2.05, 4.69) is 26.2 Å². The summed E-state index contributed by atoms with van der Waals surface area (Å²) in [5, 5.41) is 13.8. The van der Waals surface area contributed by atoms with E-state index < -0.39 is 0 Å². The number of halogens is 1. The molecule has 2 aromatic heterocycles. The minimum absolute atomic E-state index is 0.288. The van der Waals surface area contributed by atoms with Gasteiger partial charge in [0.05, 0.1) is 11.1 Å². The molecule has 0 aliphatic rings. The number of anilines is 1. The number of hydrogen-bond donors (Lipinski definition) is 1. The molecule has 0 saturated carbocycles. The summed E-state index contributed by atoms with van der Waals surface area (Å²) < 4.78 is 0.479. The molecule has 0 radical (unpaired) electrons. The summed E-state index contributed by atoms with van der Waals surface area (Å²) in [5.41, 5.74) is 0.896. The molecule has 0 saturated heterocycles. The third-order valence-corrected chi connectivity index (χ3v) is 3.48. The van der Waals surface area contributed by atoms with Gasteiger partial charge in [0.2, 0.25) is 0 Å². The Morgan fingerprint density at radius 2 is 2.35 bits per heavy atom. The molecule has 0 aromatic carbocycles. The predicted octanol–water partition coefficient (Wildman–Crippen LogP) is 3.03. The van der Waals surface area contributed by atoms with Crippen molar-refractivity contribution in [1.82, 2.24) is 4.98 Å². The van der Waals surface area contributed by atoms with Crippen LogP contribution in [0.25, 0.3) is 0 Å². The van der Waals surface area contributed by atoms with Crippen LogP contribution < -0.4 is 5.32 Å². The number of nitriles is 1. The maximum atomic E-state index is 11.9. The molecule has 84 valence electrons. The highest BCUT2D eigenvalue weighted by atomic mass is 79.9. The fraction of sp³-hybridized carbons (Fsp3) is 0. The fourth-order valence-corrected chi connectivity index (χ4v) is 2.38. The van der Waals surface area contributed by atoms with Crippen LogP contribution in [0.3, 0.4) is 0 Å². The maximum absolute atomic E-state index is 11.9. The molecule has 0 unspecified atom stereocenters. The summed E-state index contributed by atoms with van der Waals surface area (Å²) in [6.45, 7) is 0. The average molecular weight is 308 g/mol. The molecule has 0 fully saturated rings. The normalized spacial score (nSPS) is 9.65. The highest BCUT2D eigenvalue weighted by Gasteiger charge is 2.13. The molecule has 2 aromatic rings. The molecule has 1 N–H and O–H groups in total. The van der Waals surface area contributed by atoms with Gasteiger partial charge in [0.15, 0.2) is 0 Å². The van der Waals surface area contributed by atoms with Gasteiger partial charge in [0, 0.05) is 6.20 Å². The largest absolute Gasteiger partial charge is 0.312 e. The van der Waals surface area contributed by atoms with Crippen LogP contribution in [0.2, 0.25) is 0 Å². The third-order valence-electron chi connectivity index (χ3n) is 2.02. The topological polar surface area (TPSA) is 65.8 Å². The van der Waals surface area contributed by atoms with Gasteiger partial charge in [-0.2, -0.15) is 5.26 Å². The lowest BCUT2D eigenvalue weighted by Crippen LogP contribution is -2.12. The van der Waals surface area contributed by atoms with Crippen molar-refractivity contribution in [2.45, 2.75) is 0 Å². The summed E-state index contributed by atoms with van der Waals surface area (Å²) in [4.78, 5) is 15.9. The number of rotatable bonds is 2. The number of carbonyl (C=O) groups is 1. The number of pyridine rings is 1. The van der Waals surface area contributed by atoms with Crippen molar-refractivity contribution in [3.05, 3.63) is 45.5 Å². The summed E-state index contributed by atoms with van der Waals surface area (Å²) in [6.07, 6.45) is 1.59. The van der Waals surface area contributed by atoms with E-state index >= 15 is 0 Å². The van der Waals surface area contributed by atoms with E-state index in [1.54, 1.807) is 29.8 Å². The number of amides is 1. The van der Waals surface area contributed by atoms with Crippen LogP contribution >= 0.6 is 27.3 Å². The Bertz CT molecular complexity index is 603. The van der Waals surface area contributed by atoms with Gasteiger partial charge in [0.1, 0.15) is 15.7 Å². The Hall–Kier alpha value is -1.71. The quantitative estimate of drug-likeness (QED) is 0.867. The first-order chi connectivity index (χ1) is 8.22. The molecule has 0 aliphatic carbocycles. The monoisotopic (exact) mass is 307 g/mol. The molecule has 0 bridgehead atoms. The fourth-order valence-electron chi connectivity index (χ4n) is 1.22. The zero-order valence-electron chi connectivity index (χ0n) is 8.48. The zero-order valence-corrected chi connectivity index (χ0v) is 10.9. The van der Waals surface area contributed by atoms with Crippen molar-refractivity contribution in [2.75, 3.05) is 5.32 Å². The van der Waals surface area contributed by atoms with Gasteiger partial charge in [-0.3, -0.25) is 4.79 Å². The lowest BCUT2D eigenvalue weighted by molar-refractivity contribution is 0.102. The first kappa shape index (κ1) is 11.8. The van der Waals surface area contributed by atoms with Crippen LogP contribution in [-0.4, -0.2) is 10.9 Å². The van der Waals surface area contributed by atoms with E-state index in [1.807, 2.05) is 6.07 Å². The molecule has 4 nitrogen and oxygen atoms in total. The van der Waals surface area contributed by atoms with E-state index in [0.29, 0.717) is 20.7 Å². The van der Waals surface area contributed by atoms with Crippen molar-refractivity contribution >= 4 is 38.2 Å². The SMILES string of the molecule is N#Cc1ccsc1NC(=O)c1cccnc1Br.